The number of rotatable bonds is 6. The Morgan fingerprint density at radius 2 is 1.79 bits per heavy atom. The second-order valence-electron chi connectivity index (χ2n) is 8.36. The Balaban J connectivity index is 1.59. The predicted molar refractivity (Wildman–Crippen MR) is 105 cm³/mol. The van der Waals surface area contributed by atoms with Gasteiger partial charge in [-0.2, -0.15) is 0 Å². The summed E-state index contributed by atoms with van der Waals surface area (Å²) in [5, 5.41) is 3.03. The van der Waals surface area contributed by atoms with Crippen molar-refractivity contribution >= 4 is 17.8 Å². The summed E-state index contributed by atoms with van der Waals surface area (Å²) >= 11 is 0. The second-order valence-corrected chi connectivity index (χ2v) is 8.36. The first-order valence-electron chi connectivity index (χ1n) is 10.2. The van der Waals surface area contributed by atoms with Crippen LogP contribution in [-0.2, 0) is 9.53 Å². The van der Waals surface area contributed by atoms with Crippen molar-refractivity contribution in [2.45, 2.75) is 71.9 Å². The van der Waals surface area contributed by atoms with Crippen molar-refractivity contribution in [2.24, 2.45) is 5.92 Å². The summed E-state index contributed by atoms with van der Waals surface area (Å²) in [6, 6.07) is 0.393. The van der Waals surface area contributed by atoms with E-state index in [4.69, 9.17) is 4.74 Å². The first kappa shape index (κ1) is 20.4. The highest BCUT2D eigenvalue weighted by atomic mass is 16.5. The van der Waals surface area contributed by atoms with Gasteiger partial charge in [-0.25, -0.2) is 4.79 Å². The normalized spacial score (nSPS) is 17.7. The molecule has 3 rings (SSSR count). The second kappa shape index (κ2) is 8.37. The van der Waals surface area contributed by atoms with Crippen LogP contribution in [0.5, 0.6) is 0 Å². The van der Waals surface area contributed by atoms with E-state index >= 15 is 0 Å². The number of aromatic nitrogens is 1. The van der Waals surface area contributed by atoms with Crippen LogP contribution in [0.1, 0.15) is 78.1 Å². The molecule has 0 bridgehead atoms. The van der Waals surface area contributed by atoms with Gasteiger partial charge in [0.15, 0.2) is 0 Å². The molecule has 1 aromatic rings. The van der Waals surface area contributed by atoms with Gasteiger partial charge in [-0.05, 0) is 64.9 Å². The maximum Gasteiger partial charge on any atom is 0.340 e. The molecular weight excluding hydrogens is 358 g/mol. The lowest BCUT2D eigenvalue weighted by atomic mass is 9.93. The third-order valence-corrected chi connectivity index (χ3v) is 5.52. The van der Waals surface area contributed by atoms with Crippen LogP contribution in [0.3, 0.4) is 0 Å². The van der Waals surface area contributed by atoms with Crippen molar-refractivity contribution in [3.63, 3.8) is 0 Å². The van der Waals surface area contributed by atoms with E-state index in [1.165, 1.54) is 0 Å². The van der Waals surface area contributed by atoms with Crippen molar-refractivity contribution in [2.75, 3.05) is 13.1 Å². The van der Waals surface area contributed by atoms with E-state index in [0.29, 0.717) is 54.0 Å². The maximum absolute atomic E-state index is 13.0. The van der Waals surface area contributed by atoms with E-state index in [9.17, 15) is 14.4 Å². The Hall–Kier alpha value is -2.31. The van der Waals surface area contributed by atoms with Gasteiger partial charge >= 0.3 is 5.97 Å². The van der Waals surface area contributed by atoms with Crippen molar-refractivity contribution in [1.29, 1.82) is 0 Å². The van der Waals surface area contributed by atoms with Gasteiger partial charge in [0.1, 0.15) is 5.69 Å². The third-order valence-electron chi connectivity index (χ3n) is 5.52. The van der Waals surface area contributed by atoms with Crippen LogP contribution in [-0.4, -0.2) is 52.9 Å². The molecule has 0 aromatic carbocycles. The van der Waals surface area contributed by atoms with E-state index < -0.39 is 5.97 Å². The molecule has 0 spiro atoms. The predicted octanol–water partition coefficient (Wildman–Crippen LogP) is 2.72. The zero-order valence-electron chi connectivity index (χ0n) is 17.3. The number of amides is 2. The molecule has 1 aliphatic heterocycles. The van der Waals surface area contributed by atoms with Crippen molar-refractivity contribution in [3.8, 4) is 0 Å². The average Bonchev–Trinajstić information content (AvgIpc) is 3.37. The van der Waals surface area contributed by atoms with Crippen LogP contribution in [0.25, 0.3) is 0 Å². The summed E-state index contributed by atoms with van der Waals surface area (Å²) in [4.78, 5) is 42.2. The van der Waals surface area contributed by atoms with Gasteiger partial charge in [0.2, 0.25) is 5.91 Å². The molecule has 1 saturated heterocycles. The molecule has 7 heteroatoms. The Morgan fingerprint density at radius 3 is 2.36 bits per heavy atom. The molecule has 2 N–H and O–H groups in total. The highest BCUT2D eigenvalue weighted by molar-refractivity contribution is 6.00. The number of H-pyrrole nitrogens is 1. The Bertz CT molecular complexity index is 756. The van der Waals surface area contributed by atoms with Crippen LogP contribution in [0.4, 0.5) is 0 Å². The number of aryl methyl sites for hydroxylation is 1. The van der Waals surface area contributed by atoms with Gasteiger partial charge in [0.25, 0.3) is 5.91 Å². The van der Waals surface area contributed by atoms with Gasteiger partial charge < -0.3 is 19.9 Å². The van der Waals surface area contributed by atoms with Crippen LogP contribution in [0, 0.1) is 19.8 Å². The van der Waals surface area contributed by atoms with Crippen molar-refractivity contribution in [1.82, 2.24) is 15.2 Å². The van der Waals surface area contributed by atoms with E-state index in [-0.39, 0.29) is 17.9 Å². The summed E-state index contributed by atoms with van der Waals surface area (Å²) in [6.07, 6.45) is 4.18. The lowest BCUT2D eigenvalue weighted by Crippen LogP contribution is -2.40. The van der Waals surface area contributed by atoms with Crippen LogP contribution in [0.15, 0.2) is 0 Å². The zero-order valence-corrected chi connectivity index (χ0v) is 17.3. The van der Waals surface area contributed by atoms with Gasteiger partial charge in [-0.3, -0.25) is 9.59 Å². The maximum atomic E-state index is 13.0. The summed E-state index contributed by atoms with van der Waals surface area (Å²) < 4.78 is 5.30. The van der Waals surface area contributed by atoms with Gasteiger partial charge in [-0.1, -0.05) is 0 Å². The van der Waals surface area contributed by atoms with Gasteiger partial charge in [-0.15, -0.1) is 0 Å². The SMILES string of the molecule is Cc1[nH]c(C(=O)N2CCC(CC(=O)NC3CC3)CC2)c(C)c1C(=O)OC(C)C. The fraction of sp³-hybridized carbons (Fsp3) is 0.667. The molecule has 7 nitrogen and oxygen atoms in total. The summed E-state index contributed by atoms with van der Waals surface area (Å²) in [5.41, 5.74) is 2.19. The first-order valence-corrected chi connectivity index (χ1v) is 10.2. The molecule has 0 unspecified atom stereocenters. The number of ether oxygens (including phenoxy) is 1. The smallest absolute Gasteiger partial charge is 0.340 e. The highest BCUT2D eigenvalue weighted by Gasteiger charge is 2.30. The molecule has 0 atom stereocenters. The number of likely N-dealkylation sites (tertiary alicyclic amines) is 1. The number of carbonyl (C=O) groups is 3. The minimum Gasteiger partial charge on any atom is -0.459 e. The Labute approximate surface area is 166 Å². The van der Waals surface area contributed by atoms with Crippen molar-refractivity contribution < 1.29 is 19.1 Å². The van der Waals surface area contributed by atoms with Crippen LogP contribution >= 0.6 is 0 Å². The average molecular weight is 389 g/mol. The molecular formula is C21H31N3O4. The molecule has 2 fully saturated rings. The standard InChI is InChI=1S/C21H31N3O4/c1-12(2)28-21(27)18-13(3)19(22-14(18)4)20(26)24-9-7-15(8-10-24)11-17(25)23-16-5-6-16/h12,15-16,22H,5-11H2,1-4H3,(H,23,25). The number of esters is 1. The van der Waals surface area contributed by atoms with E-state index in [0.717, 1.165) is 25.7 Å². The zero-order chi connectivity index (χ0) is 20.4. The van der Waals surface area contributed by atoms with E-state index in [2.05, 4.69) is 10.3 Å². The van der Waals surface area contributed by atoms with Gasteiger partial charge in [0.05, 0.1) is 11.7 Å². The number of aromatic amines is 1. The van der Waals surface area contributed by atoms with Gasteiger partial charge in [0, 0.05) is 31.2 Å². The van der Waals surface area contributed by atoms with E-state index in [1.54, 1.807) is 27.7 Å². The third kappa shape index (κ3) is 4.75. The number of carbonyl (C=O) groups excluding carboxylic acids is 3. The number of nitrogens with zero attached hydrogens (tertiary/aromatic N) is 1. The molecule has 154 valence electrons. The lowest BCUT2D eigenvalue weighted by Gasteiger charge is -2.31. The highest BCUT2D eigenvalue weighted by Crippen LogP contribution is 2.26. The first-order chi connectivity index (χ1) is 13.3. The Morgan fingerprint density at radius 1 is 1.14 bits per heavy atom. The summed E-state index contributed by atoms with van der Waals surface area (Å²) in [7, 11) is 0. The van der Waals surface area contributed by atoms with Crippen LogP contribution < -0.4 is 5.32 Å². The largest absolute Gasteiger partial charge is 0.459 e. The molecule has 1 aliphatic carbocycles. The molecule has 2 aliphatic rings. The minimum absolute atomic E-state index is 0.0925. The molecule has 28 heavy (non-hydrogen) atoms. The molecule has 1 saturated carbocycles. The lowest BCUT2D eigenvalue weighted by molar-refractivity contribution is -0.122. The quantitative estimate of drug-likeness (QED) is 0.732. The number of hydrogen-bond donors (Lipinski definition) is 2. The Kier molecular flexibility index (Phi) is 6.10. The molecule has 1 aromatic heterocycles. The van der Waals surface area contributed by atoms with Crippen molar-refractivity contribution in [3.05, 3.63) is 22.5 Å². The minimum atomic E-state index is -0.402. The summed E-state index contributed by atoms with van der Waals surface area (Å²) in [6.45, 7) is 8.42. The number of piperidine rings is 1. The molecule has 0 radical (unpaired) electrons. The number of hydrogen-bond acceptors (Lipinski definition) is 4. The monoisotopic (exact) mass is 389 g/mol. The van der Waals surface area contributed by atoms with E-state index in [1.807, 2.05) is 4.90 Å². The topological polar surface area (TPSA) is 91.5 Å². The molecule has 2 amide bonds. The molecule has 2 heterocycles. The fourth-order valence-electron chi connectivity index (χ4n) is 3.82. The fourth-order valence-corrected chi connectivity index (χ4v) is 3.82. The summed E-state index contributed by atoms with van der Waals surface area (Å²) in [5.74, 6) is -0.0342. The number of nitrogens with one attached hydrogen (secondary N) is 2. The van der Waals surface area contributed by atoms with Crippen LogP contribution in [0.2, 0.25) is 0 Å².